The number of hydrogen-bond donors (Lipinski definition) is 2. The Morgan fingerprint density at radius 1 is 1.57 bits per heavy atom. The SMILES string of the molecule is N[C@H]1CC[C@@H](c2nc(C(=O)O)no2)C1. The Morgan fingerprint density at radius 3 is 2.86 bits per heavy atom. The number of carboxylic acid groups (broad SMARTS) is 1. The van der Waals surface area contributed by atoms with Gasteiger partial charge in [0.05, 0.1) is 0 Å². The third-order valence-corrected chi connectivity index (χ3v) is 2.46. The van der Waals surface area contributed by atoms with Crippen molar-refractivity contribution in [2.45, 2.75) is 31.2 Å². The van der Waals surface area contributed by atoms with E-state index in [2.05, 4.69) is 10.1 Å². The summed E-state index contributed by atoms with van der Waals surface area (Å²) >= 11 is 0. The number of nitrogens with two attached hydrogens (primary N) is 1. The first-order valence-electron chi connectivity index (χ1n) is 4.49. The van der Waals surface area contributed by atoms with Gasteiger partial charge in [-0.2, -0.15) is 4.98 Å². The highest BCUT2D eigenvalue weighted by Crippen LogP contribution is 2.32. The van der Waals surface area contributed by atoms with Gasteiger partial charge in [-0.3, -0.25) is 0 Å². The van der Waals surface area contributed by atoms with Crippen molar-refractivity contribution >= 4 is 5.97 Å². The number of aromatic carboxylic acids is 1. The molecule has 1 heterocycles. The minimum atomic E-state index is -1.16. The summed E-state index contributed by atoms with van der Waals surface area (Å²) in [6.07, 6.45) is 2.61. The summed E-state index contributed by atoms with van der Waals surface area (Å²) < 4.78 is 4.86. The van der Waals surface area contributed by atoms with Gasteiger partial charge in [-0.25, -0.2) is 4.79 Å². The molecule has 1 aromatic rings. The monoisotopic (exact) mass is 197 g/mol. The van der Waals surface area contributed by atoms with Gasteiger partial charge in [-0.1, -0.05) is 0 Å². The van der Waals surface area contributed by atoms with Gasteiger partial charge in [0.1, 0.15) is 0 Å². The molecule has 0 radical (unpaired) electrons. The minimum absolute atomic E-state index is 0.130. The smallest absolute Gasteiger partial charge is 0.377 e. The van der Waals surface area contributed by atoms with E-state index in [0.29, 0.717) is 5.89 Å². The summed E-state index contributed by atoms with van der Waals surface area (Å²) in [5, 5.41) is 11.9. The fourth-order valence-electron chi connectivity index (χ4n) is 1.73. The Kier molecular flexibility index (Phi) is 2.20. The van der Waals surface area contributed by atoms with Crippen LogP contribution in [0.1, 0.15) is 41.7 Å². The van der Waals surface area contributed by atoms with Crippen LogP contribution < -0.4 is 5.73 Å². The molecule has 0 bridgehead atoms. The summed E-state index contributed by atoms with van der Waals surface area (Å²) in [7, 11) is 0. The zero-order valence-corrected chi connectivity index (χ0v) is 7.51. The summed E-state index contributed by atoms with van der Waals surface area (Å²) in [5.74, 6) is -0.913. The van der Waals surface area contributed by atoms with Crippen molar-refractivity contribution in [3.8, 4) is 0 Å². The lowest BCUT2D eigenvalue weighted by Crippen LogP contribution is -2.14. The second kappa shape index (κ2) is 3.38. The molecule has 76 valence electrons. The first-order valence-corrected chi connectivity index (χ1v) is 4.49. The molecule has 1 aliphatic carbocycles. The maximum atomic E-state index is 10.5. The molecule has 0 saturated heterocycles. The molecular formula is C8H11N3O3. The molecule has 6 nitrogen and oxygen atoms in total. The van der Waals surface area contributed by atoms with Crippen molar-refractivity contribution in [2.75, 3.05) is 0 Å². The van der Waals surface area contributed by atoms with Gasteiger partial charge >= 0.3 is 5.97 Å². The average Bonchev–Trinajstić information content (AvgIpc) is 2.70. The van der Waals surface area contributed by atoms with Crippen LogP contribution in [-0.2, 0) is 0 Å². The van der Waals surface area contributed by atoms with E-state index in [0.717, 1.165) is 19.3 Å². The molecule has 6 heteroatoms. The molecule has 3 N–H and O–H groups in total. The lowest BCUT2D eigenvalue weighted by atomic mass is 10.1. The molecule has 14 heavy (non-hydrogen) atoms. The number of aromatic nitrogens is 2. The Hall–Kier alpha value is -1.43. The Morgan fingerprint density at radius 2 is 2.36 bits per heavy atom. The van der Waals surface area contributed by atoms with Crippen LogP contribution in [0.3, 0.4) is 0 Å². The third kappa shape index (κ3) is 1.60. The quantitative estimate of drug-likeness (QED) is 0.709. The molecule has 1 fully saturated rings. The second-order valence-electron chi connectivity index (χ2n) is 3.53. The topological polar surface area (TPSA) is 102 Å². The summed E-state index contributed by atoms with van der Waals surface area (Å²) in [6, 6.07) is 0.167. The van der Waals surface area contributed by atoms with Crippen molar-refractivity contribution in [3.05, 3.63) is 11.7 Å². The number of nitrogens with zero attached hydrogens (tertiary/aromatic N) is 2. The highest BCUT2D eigenvalue weighted by molar-refractivity contribution is 5.82. The van der Waals surface area contributed by atoms with Gasteiger partial charge in [-0.05, 0) is 24.4 Å². The zero-order valence-electron chi connectivity index (χ0n) is 7.51. The normalized spacial score (nSPS) is 26.6. The van der Waals surface area contributed by atoms with Crippen LogP contribution >= 0.6 is 0 Å². The van der Waals surface area contributed by atoms with E-state index in [4.69, 9.17) is 15.4 Å². The van der Waals surface area contributed by atoms with Crippen LogP contribution in [0.2, 0.25) is 0 Å². The molecule has 0 spiro atoms. The van der Waals surface area contributed by atoms with E-state index >= 15 is 0 Å². The highest BCUT2D eigenvalue weighted by Gasteiger charge is 2.28. The van der Waals surface area contributed by atoms with Crippen molar-refractivity contribution in [1.29, 1.82) is 0 Å². The van der Waals surface area contributed by atoms with E-state index in [9.17, 15) is 4.79 Å². The second-order valence-corrected chi connectivity index (χ2v) is 3.53. The largest absolute Gasteiger partial charge is 0.475 e. The molecule has 1 aromatic heterocycles. The van der Waals surface area contributed by atoms with Crippen molar-refractivity contribution < 1.29 is 14.4 Å². The summed E-state index contributed by atoms with van der Waals surface area (Å²) in [4.78, 5) is 14.3. The highest BCUT2D eigenvalue weighted by atomic mass is 16.5. The van der Waals surface area contributed by atoms with Crippen LogP contribution in [0.5, 0.6) is 0 Å². The van der Waals surface area contributed by atoms with E-state index in [1.165, 1.54) is 0 Å². The Labute approximate surface area is 80.1 Å². The van der Waals surface area contributed by atoms with E-state index in [1.54, 1.807) is 0 Å². The van der Waals surface area contributed by atoms with Crippen LogP contribution in [0.4, 0.5) is 0 Å². The molecule has 0 amide bonds. The van der Waals surface area contributed by atoms with Crippen LogP contribution in [-0.4, -0.2) is 27.3 Å². The van der Waals surface area contributed by atoms with Crippen LogP contribution in [0, 0.1) is 0 Å². The molecule has 0 aliphatic heterocycles. The van der Waals surface area contributed by atoms with E-state index < -0.39 is 5.97 Å². The number of hydrogen-bond acceptors (Lipinski definition) is 5. The lowest BCUT2D eigenvalue weighted by molar-refractivity contribution is 0.0680. The Balaban J connectivity index is 2.13. The number of carboxylic acids is 1. The average molecular weight is 197 g/mol. The molecular weight excluding hydrogens is 186 g/mol. The van der Waals surface area contributed by atoms with Gasteiger partial charge < -0.3 is 15.4 Å². The molecule has 0 aromatic carbocycles. The predicted molar refractivity (Wildman–Crippen MR) is 45.8 cm³/mol. The Bertz CT molecular complexity index is 349. The molecule has 2 atom stereocenters. The maximum absolute atomic E-state index is 10.5. The third-order valence-electron chi connectivity index (χ3n) is 2.46. The standard InChI is InChI=1S/C8H11N3O3/c9-5-2-1-4(3-5)7-10-6(8(12)13)11-14-7/h4-5H,1-3,9H2,(H,12,13)/t4-,5+/m1/s1. The van der Waals surface area contributed by atoms with Crippen molar-refractivity contribution in [1.82, 2.24) is 10.1 Å². The van der Waals surface area contributed by atoms with Gasteiger partial charge in [0, 0.05) is 12.0 Å². The first kappa shape index (κ1) is 9.14. The van der Waals surface area contributed by atoms with Gasteiger partial charge in [-0.15, -0.1) is 0 Å². The van der Waals surface area contributed by atoms with Crippen molar-refractivity contribution in [3.63, 3.8) is 0 Å². The summed E-state index contributed by atoms with van der Waals surface area (Å²) in [6.45, 7) is 0. The van der Waals surface area contributed by atoms with E-state index in [1.807, 2.05) is 0 Å². The van der Waals surface area contributed by atoms with E-state index in [-0.39, 0.29) is 17.8 Å². The maximum Gasteiger partial charge on any atom is 0.377 e. The fraction of sp³-hybridized carbons (Fsp3) is 0.625. The molecule has 1 aliphatic rings. The lowest BCUT2D eigenvalue weighted by Gasteiger charge is -2.01. The van der Waals surface area contributed by atoms with Gasteiger partial charge in [0.15, 0.2) is 0 Å². The molecule has 0 unspecified atom stereocenters. The van der Waals surface area contributed by atoms with Gasteiger partial charge in [0.2, 0.25) is 5.89 Å². The minimum Gasteiger partial charge on any atom is -0.475 e. The first-order chi connectivity index (χ1) is 6.66. The van der Waals surface area contributed by atoms with Gasteiger partial charge in [0.25, 0.3) is 5.82 Å². The van der Waals surface area contributed by atoms with Crippen LogP contribution in [0.15, 0.2) is 4.52 Å². The molecule has 2 rings (SSSR count). The zero-order chi connectivity index (χ0) is 10.1. The molecule has 1 saturated carbocycles. The number of rotatable bonds is 2. The fourth-order valence-corrected chi connectivity index (χ4v) is 1.73. The van der Waals surface area contributed by atoms with Crippen LogP contribution in [0.25, 0.3) is 0 Å². The predicted octanol–water partition coefficient (Wildman–Crippen LogP) is 0.363. The summed E-state index contributed by atoms with van der Waals surface area (Å²) in [5.41, 5.74) is 5.72. The van der Waals surface area contributed by atoms with Crippen molar-refractivity contribution in [2.24, 2.45) is 5.73 Å². The number of carbonyl (C=O) groups is 1.